The van der Waals surface area contributed by atoms with Gasteiger partial charge >= 0.3 is 17.9 Å². The second-order valence-corrected chi connectivity index (χ2v) is 15.7. The van der Waals surface area contributed by atoms with Crippen LogP contribution in [-0.4, -0.2) is 61.8 Å². The Labute approximate surface area is 324 Å². The Hall–Kier alpha value is -2.55. The number of ether oxygens (including phenoxy) is 3. The first-order valence-electron chi connectivity index (χ1n) is 22.1. The van der Waals surface area contributed by atoms with Gasteiger partial charge < -0.3 is 19.1 Å². The van der Waals surface area contributed by atoms with Crippen LogP contribution in [0.2, 0.25) is 0 Å². The second-order valence-electron chi connectivity index (χ2n) is 15.7. The third-order valence-corrected chi connectivity index (χ3v) is 11.0. The van der Waals surface area contributed by atoms with Crippen molar-refractivity contribution in [2.75, 3.05) is 32.8 Å². The fraction of sp³-hybridized carbons (Fsp3) is 0.826. The number of nitrogens with zero attached hydrogens (tertiary/aromatic N) is 1. The molecule has 0 bridgehead atoms. The number of esters is 3. The van der Waals surface area contributed by atoms with Gasteiger partial charge in [-0.1, -0.05) is 115 Å². The number of hydrogen-bond donors (Lipinski definition) is 0. The van der Waals surface area contributed by atoms with Crippen molar-refractivity contribution in [3.8, 4) is 0 Å². The van der Waals surface area contributed by atoms with Gasteiger partial charge in [0.1, 0.15) is 6.10 Å². The normalized spacial score (nSPS) is 23.2. The number of allylic oxidation sites excluding steroid dienone is 1. The predicted molar refractivity (Wildman–Crippen MR) is 216 cm³/mol. The van der Waals surface area contributed by atoms with Gasteiger partial charge in [-0.05, 0) is 120 Å². The fourth-order valence-electron chi connectivity index (χ4n) is 7.89. The molecular weight excluding hydrogens is 663 g/mol. The third kappa shape index (κ3) is 23.8. The summed E-state index contributed by atoms with van der Waals surface area (Å²) in [4.78, 5) is 41.7. The van der Waals surface area contributed by atoms with Crippen LogP contribution in [0.5, 0.6) is 0 Å². The van der Waals surface area contributed by atoms with Crippen LogP contribution in [0.25, 0.3) is 0 Å². The van der Waals surface area contributed by atoms with Gasteiger partial charge in [-0.2, -0.15) is 0 Å². The second kappa shape index (κ2) is 31.8. The summed E-state index contributed by atoms with van der Waals surface area (Å²) in [6, 6.07) is 0. The molecule has 0 amide bonds. The summed E-state index contributed by atoms with van der Waals surface area (Å²) in [5.41, 5.74) is 9.96. The van der Waals surface area contributed by atoms with Gasteiger partial charge in [0.25, 0.3) is 0 Å². The summed E-state index contributed by atoms with van der Waals surface area (Å²) >= 11 is 0. The van der Waals surface area contributed by atoms with Gasteiger partial charge in [0.15, 0.2) is 0 Å². The van der Waals surface area contributed by atoms with Crippen molar-refractivity contribution >= 4 is 17.9 Å². The summed E-state index contributed by atoms with van der Waals surface area (Å²) in [6.07, 6.45) is 27.2. The molecular formula is C46H77NO6. The Morgan fingerprint density at radius 2 is 1.19 bits per heavy atom. The lowest BCUT2D eigenvalue weighted by atomic mass is 9.79. The van der Waals surface area contributed by atoms with Crippen LogP contribution in [0.15, 0.2) is 29.3 Å². The Kier molecular flexibility index (Phi) is 27.9. The van der Waals surface area contributed by atoms with Crippen molar-refractivity contribution in [3.63, 3.8) is 0 Å². The monoisotopic (exact) mass is 740 g/mol. The summed E-state index contributed by atoms with van der Waals surface area (Å²) in [7, 11) is 0. The van der Waals surface area contributed by atoms with E-state index in [9.17, 15) is 14.4 Å². The van der Waals surface area contributed by atoms with Crippen LogP contribution in [-0.2, 0) is 28.6 Å². The van der Waals surface area contributed by atoms with E-state index < -0.39 is 0 Å². The molecule has 2 saturated heterocycles. The number of carbonyl (C=O) groups is 3. The number of carbonyl (C=O) groups excluding carboxylic acids is 3. The Morgan fingerprint density at radius 3 is 1.68 bits per heavy atom. The maximum absolute atomic E-state index is 13.2. The molecule has 7 heteroatoms. The molecule has 2 fully saturated rings. The SMILES string of the molecule is C=C=C=C=C1C(CCCCC)CC(=O)OCCCCCCCCC(OC(=O)CCCN2CCCC2)CCCCCCCCOC(=O)CC1CCCCC. The first-order valence-corrected chi connectivity index (χ1v) is 22.1. The standard InChI is InChI=1S/C46H77NO6/c1-4-7-18-27-40-38-45(49)51-36-24-16-12-10-14-20-29-42(53-44(48)32-26-35-47-33-22-23-34-47)30-21-15-11-13-17-25-37-52-46(50)39-41(28-19-8-5-2)43(40)31-9-6-3/h40-42H,3-5,7-8,10-30,32-39H2,1-2H3. The molecule has 302 valence electrons. The summed E-state index contributed by atoms with van der Waals surface area (Å²) < 4.78 is 17.6. The van der Waals surface area contributed by atoms with E-state index in [4.69, 9.17) is 14.2 Å². The van der Waals surface area contributed by atoms with E-state index in [1.807, 2.05) is 0 Å². The number of unbranched alkanes of at least 4 members (excludes halogenated alkanes) is 4. The molecule has 2 rings (SSSR count). The number of hydrogen-bond acceptors (Lipinski definition) is 7. The number of cyclic esters (lactones) is 2. The van der Waals surface area contributed by atoms with E-state index in [1.165, 1.54) is 25.9 Å². The van der Waals surface area contributed by atoms with Crippen LogP contribution >= 0.6 is 0 Å². The molecule has 0 aromatic heterocycles. The smallest absolute Gasteiger partial charge is 0.306 e. The molecule has 0 saturated carbocycles. The Balaban J connectivity index is 2.02. The molecule has 2 aliphatic heterocycles. The molecule has 0 N–H and O–H groups in total. The zero-order valence-corrected chi connectivity index (χ0v) is 34.2. The van der Waals surface area contributed by atoms with Crippen molar-refractivity contribution in [2.24, 2.45) is 11.8 Å². The quantitative estimate of drug-likeness (QED) is 0.0805. The highest BCUT2D eigenvalue weighted by molar-refractivity contribution is 5.71. The lowest BCUT2D eigenvalue weighted by Gasteiger charge is -2.25. The summed E-state index contributed by atoms with van der Waals surface area (Å²) in [6.45, 7) is 12.3. The van der Waals surface area contributed by atoms with Crippen molar-refractivity contribution in [1.82, 2.24) is 4.90 Å². The Bertz CT molecular complexity index is 1060. The maximum atomic E-state index is 13.2. The molecule has 0 aromatic rings. The van der Waals surface area contributed by atoms with Gasteiger partial charge in [0.05, 0.1) is 26.1 Å². The largest absolute Gasteiger partial charge is 0.466 e. The van der Waals surface area contributed by atoms with E-state index in [0.29, 0.717) is 19.6 Å². The third-order valence-electron chi connectivity index (χ3n) is 11.0. The lowest BCUT2D eigenvalue weighted by molar-refractivity contribution is -0.150. The van der Waals surface area contributed by atoms with Crippen LogP contribution < -0.4 is 0 Å². The van der Waals surface area contributed by atoms with Crippen molar-refractivity contribution < 1.29 is 28.6 Å². The minimum Gasteiger partial charge on any atom is -0.466 e. The van der Waals surface area contributed by atoms with Crippen LogP contribution in [0, 0.1) is 11.8 Å². The van der Waals surface area contributed by atoms with Crippen molar-refractivity contribution in [1.29, 1.82) is 0 Å². The maximum Gasteiger partial charge on any atom is 0.306 e. The summed E-state index contributed by atoms with van der Waals surface area (Å²) in [5, 5.41) is 0. The minimum absolute atomic E-state index is 0.0157. The van der Waals surface area contributed by atoms with Gasteiger partial charge in [-0.15, -0.1) is 0 Å². The average Bonchev–Trinajstić information content (AvgIpc) is 3.66. The van der Waals surface area contributed by atoms with Gasteiger partial charge in [0.2, 0.25) is 0 Å². The van der Waals surface area contributed by atoms with E-state index in [-0.39, 0.29) is 48.7 Å². The van der Waals surface area contributed by atoms with Gasteiger partial charge in [-0.3, -0.25) is 14.4 Å². The van der Waals surface area contributed by atoms with E-state index in [0.717, 1.165) is 160 Å². The highest BCUT2D eigenvalue weighted by Gasteiger charge is 2.28. The fourth-order valence-corrected chi connectivity index (χ4v) is 7.89. The van der Waals surface area contributed by atoms with E-state index in [1.54, 1.807) is 0 Å². The van der Waals surface area contributed by atoms with Gasteiger partial charge in [0, 0.05) is 6.42 Å². The topological polar surface area (TPSA) is 82.1 Å². The Morgan fingerprint density at radius 1 is 0.698 bits per heavy atom. The van der Waals surface area contributed by atoms with Crippen molar-refractivity contribution in [3.05, 3.63) is 29.3 Å². The van der Waals surface area contributed by atoms with Crippen LogP contribution in [0.4, 0.5) is 0 Å². The molecule has 0 aromatic carbocycles. The molecule has 2 aliphatic rings. The average molecular weight is 740 g/mol. The zero-order valence-electron chi connectivity index (χ0n) is 34.2. The van der Waals surface area contributed by atoms with E-state index >= 15 is 0 Å². The molecule has 0 radical (unpaired) electrons. The highest BCUT2D eigenvalue weighted by Crippen LogP contribution is 2.33. The molecule has 0 spiro atoms. The molecule has 53 heavy (non-hydrogen) atoms. The van der Waals surface area contributed by atoms with Gasteiger partial charge in [-0.25, -0.2) is 0 Å². The highest BCUT2D eigenvalue weighted by atomic mass is 16.5. The molecule has 7 nitrogen and oxygen atoms in total. The first-order chi connectivity index (χ1) is 26.0. The first kappa shape index (κ1) is 46.6. The number of rotatable bonds is 13. The van der Waals surface area contributed by atoms with Crippen LogP contribution in [0.1, 0.15) is 194 Å². The molecule has 2 unspecified atom stereocenters. The zero-order chi connectivity index (χ0) is 38.2. The van der Waals surface area contributed by atoms with E-state index in [2.05, 4.69) is 42.5 Å². The minimum atomic E-state index is -0.179. The summed E-state index contributed by atoms with van der Waals surface area (Å²) in [5.74, 6) is -0.519. The molecule has 2 heterocycles. The number of likely N-dealkylation sites (tertiary alicyclic amines) is 1. The lowest BCUT2D eigenvalue weighted by Crippen LogP contribution is -2.23. The van der Waals surface area contributed by atoms with Crippen LogP contribution in [0.3, 0.4) is 0 Å². The van der Waals surface area contributed by atoms with Crippen molar-refractivity contribution in [2.45, 2.75) is 200 Å². The predicted octanol–water partition coefficient (Wildman–Crippen LogP) is 11.5. The molecule has 2 atom stereocenters. The molecule has 0 aliphatic carbocycles.